The highest BCUT2D eigenvalue weighted by atomic mass is 14.9. The van der Waals surface area contributed by atoms with Crippen LogP contribution in [-0.2, 0) is 17.9 Å². The summed E-state index contributed by atoms with van der Waals surface area (Å²) in [6.07, 6.45) is 2.13. The van der Waals surface area contributed by atoms with Crippen LogP contribution in [0.3, 0.4) is 0 Å². The van der Waals surface area contributed by atoms with Gasteiger partial charge in [-0.3, -0.25) is 0 Å². The van der Waals surface area contributed by atoms with E-state index in [-0.39, 0.29) is 10.8 Å². The summed E-state index contributed by atoms with van der Waals surface area (Å²) in [5.74, 6) is 0. The number of rotatable bonds is 1. The van der Waals surface area contributed by atoms with Gasteiger partial charge in [-0.25, -0.2) is 4.57 Å². The summed E-state index contributed by atoms with van der Waals surface area (Å²) in [4.78, 5) is 0. The summed E-state index contributed by atoms with van der Waals surface area (Å²) < 4.78 is 2.22. The zero-order valence-corrected chi connectivity index (χ0v) is 18.9. The lowest BCUT2D eigenvalue weighted by molar-refractivity contribution is -0.660. The Balaban J connectivity index is 1.92. The SMILES string of the molecule is Cc1c(-c2cccc[n+]2C)ccc2c1C(C)(C)C(C)(C)c1ccc3ccccc3c1-2. The highest BCUT2D eigenvalue weighted by Gasteiger charge is 2.47. The van der Waals surface area contributed by atoms with Crippen LogP contribution in [0.5, 0.6) is 0 Å². The van der Waals surface area contributed by atoms with Crippen LogP contribution in [0.4, 0.5) is 0 Å². The second-order valence-electron chi connectivity index (χ2n) is 9.82. The molecular weight excluding hydrogens is 362 g/mol. The number of fused-ring (bicyclic) bond motifs is 5. The Morgan fingerprint density at radius 2 is 1.40 bits per heavy atom. The number of nitrogens with zero attached hydrogens (tertiary/aromatic N) is 1. The van der Waals surface area contributed by atoms with E-state index in [1.807, 2.05) is 0 Å². The molecule has 0 fully saturated rings. The largest absolute Gasteiger partial charge is 0.212 e. The molecule has 4 aromatic rings. The standard InChI is InChI=1S/C29H30N/c1-19-21(25-13-9-10-18-30(25)6)15-16-23-26-22-12-8-7-11-20(22)14-17-24(26)28(2,3)29(4,5)27(19)23/h7-18H,1-6H3/q+1. The van der Waals surface area contributed by atoms with Crippen LogP contribution in [0.2, 0.25) is 0 Å². The molecule has 1 nitrogen and oxygen atoms in total. The number of aromatic nitrogens is 1. The van der Waals surface area contributed by atoms with Crippen molar-refractivity contribution in [2.75, 3.05) is 0 Å². The van der Waals surface area contributed by atoms with Crippen molar-refractivity contribution in [3.63, 3.8) is 0 Å². The molecule has 1 heteroatoms. The number of pyridine rings is 1. The Kier molecular flexibility index (Phi) is 3.99. The lowest BCUT2D eigenvalue weighted by Gasteiger charge is -2.49. The molecule has 3 aromatic carbocycles. The number of aryl methyl sites for hydroxylation is 1. The Morgan fingerprint density at radius 3 is 2.17 bits per heavy atom. The molecule has 150 valence electrons. The van der Waals surface area contributed by atoms with Crippen molar-refractivity contribution in [3.05, 3.63) is 89.6 Å². The molecule has 0 radical (unpaired) electrons. The molecule has 5 rings (SSSR count). The Morgan fingerprint density at radius 1 is 0.700 bits per heavy atom. The molecule has 0 amide bonds. The molecule has 0 unspecified atom stereocenters. The van der Waals surface area contributed by atoms with E-state index >= 15 is 0 Å². The summed E-state index contributed by atoms with van der Waals surface area (Å²) in [6, 6.07) is 24.6. The van der Waals surface area contributed by atoms with Crippen molar-refractivity contribution >= 4 is 10.8 Å². The zero-order valence-electron chi connectivity index (χ0n) is 18.9. The van der Waals surface area contributed by atoms with Crippen LogP contribution in [-0.4, -0.2) is 0 Å². The summed E-state index contributed by atoms with van der Waals surface area (Å²) in [5.41, 5.74) is 9.75. The van der Waals surface area contributed by atoms with Gasteiger partial charge in [0.1, 0.15) is 7.05 Å². The van der Waals surface area contributed by atoms with Gasteiger partial charge >= 0.3 is 0 Å². The average molecular weight is 393 g/mol. The third kappa shape index (κ3) is 2.38. The number of benzene rings is 3. The summed E-state index contributed by atoms with van der Waals surface area (Å²) in [6.45, 7) is 12.0. The van der Waals surface area contributed by atoms with Crippen LogP contribution in [0.1, 0.15) is 44.4 Å². The van der Waals surface area contributed by atoms with Crippen LogP contribution in [0, 0.1) is 6.92 Å². The van der Waals surface area contributed by atoms with E-state index in [9.17, 15) is 0 Å². The maximum absolute atomic E-state index is 2.42. The maximum Gasteiger partial charge on any atom is 0.212 e. The second-order valence-corrected chi connectivity index (χ2v) is 9.82. The molecular formula is C29H30N+. The van der Waals surface area contributed by atoms with Crippen LogP contribution in [0.15, 0.2) is 72.9 Å². The first-order valence-corrected chi connectivity index (χ1v) is 10.9. The van der Waals surface area contributed by atoms with Crippen molar-refractivity contribution in [2.45, 2.75) is 45.4 Å². The highest BCUT2D eigenvalue weighted by Crippen LogP contribution is 2.56. The maximum atomic E-state index is 2.42. The van der Waals surface area contributed by atoms with Gasteiger partial charge in [0.05, 0.1) is 0 Å². The van der Waals surface area contributed by atoms with Crippen LogP contribution < -0.4 is 4.57 Å². The van der Waals surface area contributed by atoms with Gasteiger partial charge in [-0.1, -0.05) is 70.2 Å². The van der Waals surface area contributed by atoms with Gasteiger partial charge < -0.3 is 0 Å². The van der Waals surface area contributed by atoms with Crippen LogP contribution >= 0.6 is 0 Å². The lowest BCUT2D eigenvalue weighted by atomic mass is 9.54. The molecule has 0 atom stereocenters. The molecule has 1 aliphatic carbocycles. The minimum Gasteiger partial charge on any atom is -0.201 e. The van der Waals surface area contributed by atoms with Crippen molar-refractivity contribution in [3.8, 4) is 22.4 Å². The minimum atomic E-state index is 0.00519. The fourth-order valence-corrected chi connectivity index (χ4v) is 5.54. The fraction of sp³-hybridized carbons (Fsp3) is 0.276. The Labute approximate surface area is 180 Å². The van der Waals surface area contributed by atoms with Gasteiger partial charge in [0.2, 0.25) is 5.69 Å². The topological polar surface area (TPSA) is 3.88 Å². The monoisotopic (exact) mass is 392 g/mol. The fourth-order valence-electron chi connectivity index (χ4n) is 5.54. The molecule has 1 heterocycles. The van der Waals surface area contributed by atoms with Crippen LogP contribution in [0.25, 0.3) is 33.2 Å². The van der Waals surface area contributed by atoms with E-state index in [4.69, 9.17) is 0 Å². The first-order valence-electron chi connectivity index (χ1n) is 10.9. The molecule has 30 heavy (non-hydrogen) atoms. The van der Waals surface area contributed by atoms with Crippen molar-refractivity contribution in [2.24, 2.45) is 7.05 Å². The molecule has 1 aliphatic rings. The predicted octanol–water partition coefficient (Wildman–Crippen LogP) is 6.88. The van der Waals surface area contributed by atoms with Gasteiger partial charge in [0.25, 0.3) is 0 Å². The average Bonchev–Trinajstić information content (AvgIpc) is 2.72. The van der Waals surface area contributed by atoms with Gasteiger partial charge in [-0.2, -0.15) is 0 Å². The first kappa shape index (κ1) is 19.1. The predicted molar refractivity (Wildman–Crippen MR) is 127 cm³/mol. The van der Waals surface area contributed by atoms with E-state index in [0.717, 1.165) is 0 Å². The molecule has 0 N–H and O–H groups in total. The number of hydrogen-bond donors (Lipinski definition) is 0. The van der Waals surface area contributed by atoms with E-state index < -0.39 is 0 Å². The third-order valence-corrected chi connectivity index (χ3v) is 7.86. The zero-order chi connectivity index (χ0) is 21.3. The summed E-state index contributed by atoms with van der Waals surface area (Å²) in [7, 11) is 2.13. The quantitative estimate of drug-likeness (QED) is 0.311. The lowest BCUT2D eigenvalue weighted by Crippen LogP contribution is -2.44. The third-order valence-electron chi connectivity index (χ3n) is 7.86. The molecule has 0 spiro atoms. The number of hydrogen-bond acceptors (Lipinski definition) is 0. The van der Waals surface area contributed by atoms with Gasteiger partial charge in [0.15, 0.2) is 6.20 Å². The Hall–Kier alpha value is -2.93. The van der Waals surface area contributed by atoms with E-state index in [1.165, 1.54) is 49.8 Å². The van der Waals surface area contributed by atoms with Gasteiger partial charge in [-0.15, -0.1) is 0 Å². The van der Waals surface area contributed by atoms with E-state index in [0.29, 0.717) is 0 Å². The van der Waals surface area contributed by atoms with Crippen molar-refractivity contribution in [1.82, 2.24) is 0 Å². The summed E-state index contributed by atoms with van der Waals surface area (Å²) >= 11 is 0. The molecule has 0 aliphatic heterocycles. The van der Waals surface area contributed by atoms with Gasteiger partial charge in [-0.05, 0) is 68.5 Å². The second kappa shape index (κ2) is 6.28. The van der Waals surface area contributed by atoms with Crippen molar-refractivity contribution in [1.29, 1.82) is 0 Å². The summed E-state index contributed by atoms with van der Waals surface area (Å²) in [5, 5.41) is 2.67. The van der Waals surface area contributed by atoms with E-state index in [1.54, 1.807) is 0 Å². The minimum absolute atomic E-state index is 0.00519. The smallest absolute Gasteiger partial charge is 0.201 e. The molecule has 1 aromatic heterocycles. The normalized spacial score (nSPS) is 16.2. The highest BCUT2D eigenvalue weighted by molar-refractivity contribution is 6.01. The van der Waals surface area contributed by atoms with E-state index in [2.05, 4.69) is 119 Å². The Bertz CT molecular complexity index is 1310. The first-order chi connectivity index (χ1) is 14.2. The van der Waals surface area contributed by atoms with Gasteiger partial charge in [0, 0.05) is 17.7 Å². The molecule has 0 saturated heterocycles. The van der Waals surface area contributed by atoms with Crippen molar-refractivity contribution < 1.29 is 4.57 Å². The molecule has 0 bridgehead atoms. The molecule has 0 saturated carbocycles.